The van der Waals surface area contributed by atoms with Gasteiger partial charge in [0.05, 0.1) is 12.5 Å². The van der Waals surface area contributed by atoms with Crippen molar-refractivity contribution in [1.29, 1.82) is 0 Å². The summed E-state index contributed by atoms with van der Waals surface area (Å²) in [5.41, 5.74) is 7.13. The Kier molecular flexibility index (Phi) is 7.57. The van der Waals surface area contributed by atoms with E-state index in [9.17, 15) is 14.4 Å². The minimum absolute atomic E-state index is 0.0750. The number of esters is 2. The van der Waals surface area contributed by atoms with Crippen LogP contribution in [-0.2, 0) is 20.9 Å². The van der Waals surface area contributed by atoms with E-state index in [1.807, 2.05) is 37.3 Å². The normalized spacial score (nSPS) is 11.5. The van der Waals surface area contributed by atoms with E-state index in [0.717, 1.165) is 16.9 Å². The zero-order chi connectivity index (χ0) is 20.7. The van der Waals surface area contributed by atoms with Gasteiger partial charge >= 0.3 is 11.9 Å². The Morgan fingerprint density at radius 3 is 2.39 bits per heavy atom. The quantitative estimate of drug-likeness (QED) is 0.655. The maximum Gasteiger partial charge on any atom is 0.341 e. The number of rotatable bonds is 8. The molecule has 0 fully saturated rings. The minimum Gasteiger partial charge on any atom is -0.462 e. The standard InChI is InChI=1S/C20H24N2O5S/c1-4-13(12-9-7-6-8-10-12)19(24)27-11-14-15(20(25)26-5-2)17(21)28-16(14)18(23)22-3/h6-10,13H,4-5,11,21H2,1-3H3,(H,22,23)/t13-/m1/s1. The lowest BCUT2D eigenvalue weighted by Crippen LogP contribution is -2.21. The Hall–Kier alpha value is -2.87. The number of nitrogens with two attached hydrogens (primary N) is 1. The Bertz CT molecular complexity index is 848. The molecule has 0 aliphatic heterocycles. The Morgan fingerprint density at radius 1 is 1.14 bits per heavy atom. The van der Waals surface area contributed by atoms with Gasteiger partial charge in [0.2, 0.25) is 0 Å². The van der Waals surface area contributed by atoms with Gasteiger partial charge in [-0.3, -0.25) is 9.59 Å². The zero-order valence-corrected chi connectivity index (χ0v) is 16.9. The second kappa shape index (κ2) is 9.89. The van der Waals surface area contributed by atoms with E-state index in [1.54, 1.807) is 6.92 Å². The van der Waals surface area contributed by atoms with Crippen molar-refractivity contribution in [3.05, 3.63) is 51.9 Å². The molecule has 1 aromatic carbocycles. The highest BCUT2D eigenvalue weighted by Gasteiger charge is 2.28. The highest BCUT2D eigenvalue weighted by atomic mass is 32.1. The monoisotopic (exact) mass is 404 g/mol. The van der Waals surface area contributed by atoms with Crippen molar-refractivity contribution in [2.75, 3.05) is 19.4 Å². The Labute approximate surface area is 167 Å². The number of hydrogen-bond donors (Lipinski definition) is 2. The van der Waals surface area contributed by atoms with Crippen molar-refractivity contribution in [3.8, 4) is 0 Å². The maximum atomic E-state index is 12.6. The molecule has 150 valence electrons. The van der Waals surface area contributed by atoms with Crippen LogP contribution in [-0.4, -0.2) is 31.5 Å². The summed E-state index contributed by atoms with van der Waals surface area (Å²) in [6.45, 7) is 3.48. The summed E-state index contributed by atoms with van der Waals surface area (Å²) in [7, 11) is 1.47. The molecule has 28 heavy (non-hydrogen) atoms. The number of nitrogens with one attached hydrogen (secondary N) is 1. The second-order valence-electron chi connectivity index (χ2n) is 5.93. The highest BCUT2D eigenvalue weighted by molar-refractivity contribution is 7.18. The van der Waals surface area contributed by atoms with Gasteiger partial charge in [-0.05, 0) is 18.9 Å². The fourth-order valence-electron chi connectivity index (χ4n) is 2.81. The van der Waals surface area contributed by atoms with Crippen LogP contribution in [0.2, 0.25) is 0 Å². The predicted octanol–water partition coefficient (Wildman–Crippen LogP) is 3.10. The third-order valence-electron chi connectivity index (χ3n) is 4.20. The van der Waals surface area contributed by atoms with Crippen molar-refractivity contribution in [2.24, 2.45) is 0 Å². The molecular formula is C20H24N2O5S. The Morgan fingerprint density at radius 2 is 1.82 bits per heavy atom. The van der Waals surface area contributed by atoms with Crippen molar-refractivity contribution < 1.29 is 23.9 Å². The van der Waals surface area contributed by atoms with Crippen LogP contribution in [0.3, 0.4) is 0 Å². The van der Waals surface area contributed by atoms with E-state index >= 15 is 0 Å². The summed E-state index contributed by atoms with van der Waals surface area (Å²) in [5.74, 6) is -1.93. The molecule has 0 unspecified atom stereocenters. The number of carbonyl (C=O) groups excluding carboxylic acids is 3. The molecule has 1 heterocycles. The average Bonchev–Trinajstić information content (AvgIpc) is 3.03. The van der Waals surface area contributed by atoms with Crippen molar-refractivity contribution in [3.63, 3.8) is 0 Å². The molecule has 0 bridgehead atoms. The molecule has 1 atom stereocenters. The number of hydrogen-bond acceptors (Lipinski definition) is 7. The van der Waals surface area contributed by atoms with Crippen molar-refractivity contribution >= 4 is 34.2 Å². The van der Waals surface area contributed by atoms with Gasteiger partial charge in [-0.25, -0.2) is 4.79 Å². The number of nitrogen functional groups attached to an aromatic ring is 1. The van der Waals surface area contributed by atoms with E-state index in [0.29, 0.717) is 6.42 Å². The molecule has 0 aliphatic rings. The smallest absolute Gasteiger partial charge is 0.341 e. The van der Waals surface area contributed by atoms with Crippen LogP contribution in [0.15, 0.2) is 30.3 Å². The van der Waals surface area contributed by atoms with Crippen LogP contribution in [0.4, 0.5) is 5.00 Å². The first-order chi connectivity index (χ1) is 13.4. The molecule has 2 rings (SSSR count). The molecule has 8 heteroatoms. The van der Waals surface area contributed by atoms with E-state index in [2.05, 4.69) is 5.32 Å². The molecule has 0 saturated carbocycles. The fraction of sp³-hybridized carbons (Fsp3) is 0.350. The Balaban J connectivity index is 2.29. The van der Waals surface area contributed by atoms with E-state index in [4.69, 9.17) is 15.2 Å². The van der Waals surface area contributed by atoms with Gasteiger partial charge in [-0.15, -0.1) is 11.3 Å². The molecule has 3 N–H and O–H groups in total. The molecule has 0 saturated heterocycles. The summed E-state index contributed by atoms with van der Waals surface area (Å²) >= 11 is 0.964. The summed E-state index contributed by atoms with van der Waals surface area (Å²) < 4.78 is 10.5. The van der Waals surface area contributed by atoms with Crippen LogP contribution in [0.1, 0.15) is 57.3 Å². The highest BCUT2D eigenvalue weighted by Crippen LogP contribution is 2.33. The molecule has 0 radical (unpaired) electrons. The van der Waals surface area contributed by atoms with Gasteiger partial charge in [0.25, 0.3) is 5.91 Å². The van der Waals surface area contributed by atoms with Gasteiger partial charge in [-0.2, -0.15) is 0 Å². The number of ether oxygens (including phenoxy) is 2. The number of carbonyl (C=O) groups is 3. The number of anilines is 1. The lowest BCUT2D eigenvalue weighted by Gasteiger charge is -2.15. The SMILES string of the molecule is CCOC(=O)c1c(N)sc(C(=O)NC)c1COC(=O)[C@H](CC)c1ccccc1. The molecule has 0 aliphatic carbocycles. The largest absolute Gasteiger partial charge is 0.462 e. The summed E-state index contributed by atoms with van der Waals surface area (Å²) in [6, 6.07) is 9.30. The lowest BCUT2D eigenvalue weighted by molar-refractivity contribution is -0.147. The fourth-order valence-corrected chi connectivity index (χ4v) is 3.82. The summed E-state index contributed by atoms with van der Waals surface area (Å²) in [5, 5.41) is 2.66. The van der Waals surface area contributed by atoms with Crippen LogP contribution in [0.25, 0.3) is 0 Å². The van der Waals surface area contributed by atoms with Crippen LogP contribution >= 0.6 is 11.3 Å². The van der Waals surface area contributed by atoms with E-state index in [-0.39, 0.29) is 34.2 Å². The maximum absolute atomic E-state index is 12.6. The van der Waals surface area contributed by atoms with E-state index in [1.165, 1.54) is 7.05 Å². The van der Waals surface area contributed by atoms with Crippen LogP contribution in [0, 0.1) is 0 Å². The van der Waals surface area contributed by atoms with Gasteiger partial charge in [0.1, 0.15) is 22.0 Å². The molecule has 7 nitrogen and oxygen atoms in total. The third kappa shape index (κ3) is 4.69. The zero-order valence-electron chi connectivity index (χ0n) is 16.1. The first kappa shape index (κ1) is 21.4. The first-order valence-corrected chi connectivity index (χ1v) is 9.78. The molecule has 2 aromatic rings. The summed E-state index contributed by atoms with van der Waals surface area (Å²) in [6.07, 6.45) is 0.557. The minimum atomic E-state index is -0.646. The molecule has 1 aromatic heterocycles. The van der Waals surface area contributed by atoms with Gasteiger partial charge in [-0.1, -0.05) is 37.3 Å². The number of benzene rings is 1. The lowest BCUT2D eigenvalue weighted by atomic mass is 9.97. The third-order valence-corrected chi connectivity index (χ3v) is 5.26. The number of thiophene rings is 1. The summed E-state index contributed by atoms with van der Waals surface area (Å²) in [4.78, 5) is 37.4. The van der Waals surface area contributed by atoms with Crippen molar-refractivity contribution in [2.45, 2.75) is 32.8 Å². The average molecular weight is 404 g/mol. The van der Waals surface area contributed by atoms with E-state index < -0.39 is 23.8 Å². The predicted molar refractivity (Wildman–Crippen MR) is 107 cm³/mol. The van der Waals surface area contributed by atoms with Gasteiger partial charge < -0.3 is 20.5 Å². The number of amides is 1. The van der Waals surface area contributed by atoms with Crippen LogP contribution in [0.5, 0.6) is 0 Å². The van der Waals surface area contributed by atoms with Gasteiger partial charge in [0.15, 0.2) is 0 Å². The molecule has 0 spiro atoms. The second-order valence-corrected chi connectivity index (χ2v) is 6.98. The first-order valence-electron chi connectivity index (χ1n) is 8.96. The van der Waals surface area contributed by atoms with Crippen LogP contribution < -0.4 is 11.1 Å². The molecule has 1 amide bonds. The molecular weight excluding hydrogens is 380 g/mol. The van der Waals surface area contributed by atoms with Crippen molar-refractivity contribution in [1.82, 2.24) is 5.32 Å². The van der Waals surface area contributed by atoms with Gasteiger partial charge in [0, 0.05) is 12.6 Å². The topological polar surface area (TPSA) is 108 Å².